The van der Waals surface area contributed by atoms with Gasteiger partial charge in [0.2, 0.25) is 10.0 Å². The molecule has 0 saturated carbocycles. The molecule has 2 N–H and O–H groups in total. The molecule has 0 fully saturated rings. The van der Waals surface area contributed by atoms with E-state index in [9.17, 15) is 8.42 Å². The van der Waals surface area contributed by atoms with Crippen molar-refractivity contribution in [3.8, 4) is 0 Å². The first kappa shape index (κ1) is 13.7. The number of aliphatic hydroxyl groups is 1. The van der Waals surface area contributed by atoms with Gasteiger partial charge in [-0.25, -0.2) is 13.1 Å². The van der Waals surface area contributed by atoms with E-state index in [0.717, 1.165) is 17.9 Å². The van der Waals surface area contributed by atoms with E-state index in [1.807, 2.05) is 0 Å². The van der Waals surface area contributed by atoms with Crippen molar-refractivity contribution in [2.75, 3.05) is 29.3 Å². The van der Waals surface area contributed by atoms with Crippen molar-refractivity contribution in [3.63, 3.8) is 0 Å². The van der Waals surface area contributed by atoms with E-state index in [1.54, 1.807) is 11.8 Å². The van der Waals surface area contributed by atoms with Gasteiger partial charge in [0.05, 0.1) is 0 Å². The molecule has 0 spiro atoms. The van der Waals surface area contributed by atoms with Gasteiger partial charge in [-0.3, -0.25) is 0 Å². The van der Waals surface area contributed by atoms with Crippen molar-refractivity contribution >= 4 is 37.7 Å². The summed E-state index contributed by atoms with van der Waals surface area (Å²) in [4.78, 5) is 0. The summed E-state index contributed by atoms with van der Waals surface area (Å²) in [7, 11) is -3.11. The third-order valence-electron chi connectivity index (χ3n) is 1.16. The molecule has 4 nitrogen and oxygen atoms in total. The predicted octanol–water partition coefficient (Wildman–Crippen LogP) is 0.374. The molecule has 0 aromatic heterocycles. The molecular weight excluding hydrogens is 278 g/mol. The third kappa shape index (κ3) is 9.01. The fourth-order valence-corrected chi connectivity index (χ4v) is 2.47. The largest absolute Gasteiger partial charge is 0.396 e. The Morgan fingerprint density at radius 2 is 2.08 bits per heavy atom. The number of sulfonamides is 1. The van der Waals surface area contributed by atoms with Crippen molar-refractivity contribution in [1.29, 1.82) is 0 Å². The number of thioether (sulfide) groups is 1. The minimum Gasteiger partial charge on any atom is -0.396 e. The molecule has 0 heterocycles. The lowest BCUT2D eigenvalue weighted by Crippen LogP contribution is -2.26. The van der Waals surface area contributed by atoms with Crippen LogP contribution in [0.15, 0.2) is 0 Å². The van der Waals surface area contributed by atoms with Crippen molar-refractivity contribution < 1.29 is 13.5 Å². The average Bonchev–Trinajstić information content (AvgIpc) is 2.11. The number of aliphatic hydroxyl groups excluding tert-OH is 1. The highest BCUT2D eigenvalue weighted by Gasteiger charge is 2.04. The van der Waals surface area contributed by atoms with Crippen LogP contribution in [0, 0.1) is 0 Å². The molecule has 0 aromatic rings. The van der Waals surface area contributed by atoms with Gasteiger partial charge in [0.25, 0.3) is 0 Å². The van der Waals surface area contributed by atoms with E-state index < -0.39 is 10.0 Å². The Labute approximate surface area is 91.7 Å². The molecule has 0 atom stereocenters. The highest BCUT2D eigenvalue weighted by Crippen LogP contribution is 2.00. The monoisotopic (exact) mass is 291 g/mol. The summed E-state index contributed by atoms with van der Waals surface area (Å²) in [5, 5.41) is 8.46. The maximum Gasteiger partial charge on any atom is 0.221 e. The number of nitrogens with one attached hydrogen (secondary N) is 1. The van der Waals surface area contributed by atoms with Crippen LogP contribution in [0.4, 0.5) is 0 Å². The van der Waals surface area contributed by atoms with E-state index in [-0.39, 0.29) is 11.3 Å². The van der Waals surface area contributed by atoms with Gasteiger partial charge in [0, 0.05) is 18.9 Å². The lowest BCUT2D eigenvalue weighted by molar-refractivity contribution is 0.296. The predicted molar refractivity (Wildman–Crippen MR) is 59.7 cm³/mol. The molecule has 0 saturated heterocycles. The van der Waals surface area contributed by atoms with Crippen LogP contribution < -0.4 is 4.72 Å². The Kier molecular flexibility index (Phi) is 8.48. The molecule has 0 aliphatic rings. The fourth-order valence-electron chi connectivity index (χ4n) is 0.577. The second-order valence-electron chi connectivity index (χ2n) is 2.31. The molecule has 0 bridgehead atoms. The molecule has 0 amide bonds. The van der Waals surface area contributed by atoms with Gasteiger partial charge in [0.1, 0.15) is 4.66 Å². The van der Waals surface area contributed by atoms with Crippen molar-refractivity contribution in [2.24, 2.45) is 0 Å². The van der Waals surface area contributed by atoms with Crippen LogP contribution in [0.2, 0.25) is 0 Å². The SMILES string of the molecule is O=S(=O)(CBr)NCCSCCCO. The molecular formula is C6H14BrNO3S2. The van der Waals surface area contributed by atoms with Crippen molar-refractivity contribution in [1.82, 2.24) is 4.72 Å². The minimum atomic E-state index is -3.11. The maximum atomic E-state index is 10.9. The number of hydrogen-bond donors (Lipinski definition) is 2. The zero-order valence-corrected chi connectivity index (χ0v) is 10.4. The van der Waals surface area contributed by atoms with Gasteiger partial charge in [0.15, 0.2) is 0 Å². The van der Waals surface area contributed by atoms with Crippen molar-refractivity contribution in [2.45, 2.75) is 6.42 Å². The molecule has 0 aliphatic carbocycles. The number of halogens is 1. The zero-order valence-electron chi connectivity index (χ0n) is 7.20. The van der Waals surface area contributed by atoms with Gasteiger partial charge >= 0.3 is 0 Å². The van der Waals surface area contributed by atoms with Crippen LogP contribution in [-0.4, -0.2) is 42.8 Å². The van der Waals surface area contributed by atoms with E-state index in [0.29, 0.717) is 6.54 Å². The number of hydrogen-bond acceptors (Lipinski definition) is 4. The summed E-state index contributed by atoms with van der Waals surface area (Å²) in [6.07, 6.45) is 0.760. The van der Waals surface area contributed by atoms with Crippen LogP contribution in [0.3, 0.4) is 0 Å². The molecule has 7 heteroatoms. The van der Waals surface area contributed by atoms with Crippen LogP contribution in [0.25, 0.3) is 0 Å². The molecule has 0 aromatic carbocycles. The third-order valence-corrected chi connectivity index (χ3v) is 4.97. The fraction of sp³-hybridized carbons (Fsp3) is 1.00. The Bertz CT molecular complexity index is 208. The quantitative estimate of drug-likeness (QED) is 0.501. The average molecular weight is 292 g/mol. The standard InChI is InChI=1S/C6H14BrNO3S2/c7-6-13(10,11)8-2-5-12-4-1-3-9/h8-9H,1-6H2. The van der Waals surface area contributed by atoms with Gasteiger partial charge in [-0.15, -0.1) is 0 Å². The summed E-state index contributed by atoms with van der Waals surface area (Å²) in [5.41, 5.74) is 0. The summed E-state index contributed by atoms with van der Waals surface area (Å²) >= 11 is 4.50. The smallest absolute Gasteiger partial charge is 0.221 e. The minimum absolute atomic E-state index is 0.0543. The van der Waals surface area contributed by atoms with E-state index >= 15 is 0 Å². The molecule has 80 valence electrons. The second kappa shape index (κ2) is 8.05. The van der Waals surface area contributed by atoms with Gasteiger partial charge in [-0.05, 0) is 12.2 Å². The first-order chi connectivity index (χ1) is 6.12. The summed E-state index contributed by atoms with van der Waals surface area (Å²) in [5.74, 6) is 1.61. The number of alkyl halides is 1. The van der Waals surface area contributed by atoms with Crippen LogP contribution in [-0.2, 0) is 10.0 Å². The Balaban J connectivity index is 3.26. The highest BCUT2D eigenvalue weighted by molar-refractivity contribution is 9.10. The van der Waals surface area contributed by atoms with E-state index in [2.05, 4.69) is 20.7 Å². The normalized spacial score (nSPS) is 11.8. The molecule has 0 rings (SSSR count). The van der Waals surface area contributed by atoms with E-state index in [1.165, 1.54) is 0 Å². The van der Waals surface area contributed by atoms with Crippen LogP contribution in [0.5, 0.6) is 0 Å². The molecule has 0 aliphatic heterocycles. The molecule has 0 radical (unpaired) electrons. The summed E-state index contributed by atoms with van der Waals surface area (Å²) in [6.45, 7) is 0.643. The molecule has 0 unspecified atom stereocenters. The van der Waals surface area contributed by atoms with Gasteiger partial charge in [-0.1, -0.05) is 15.9 Å². The highest BCUT2D eigenvalue weighted by atomic mass is 79.9. The zero-order chi connectivity index (χ0) is 10.2. The first-order valence-electron chi connectivity index (χ1n) is 3.84. The van der Waals surface area contributed by atoms with Gasteiger partial charge < -0.3 is 5.11 Å². The Morgan fingerprint density at radius 3 is 2.62 bits per heavy atom. The summed E-state index contributed by atoms with van der Waals surface area (Å²) < 4.78 is 24.1. The maximum absolute atomic E-state index is 10.9. The second-order valence-corrected chi connectivity index (χ2v) is 6.64. The Hall–Kier alpha value is 0.700. The topological polar surface area (TPSA) is 66.4 Å². The van der Waals surface area contributed by atoms with Gasteiger partial charge in [-0.2, -0.15) is 11.8 Å². The Morgan fingerprint density at radius 1 is 1.38 bits per heavy atom. The number of rotatable bonds is 8. The van der Waals surface area contributed by atoms with Crippen LogP contribution in [0.1, 0.15) is 6.42 Å². The lowest BCUT2D eigenvalue weighted by atomic mass is 10.5. The van der Waals surface area contributed by atoms with E-state index in [4.69, 9.17) is 5.11 Å². The van der Waals surface area contributed by atoms with Crippen LogP contribution >= 0.6 is 27.7 Å². The molecule has 13 heavy (non-hydrogen) atoms. The first-order valence-corrected chi connectivity index (χ1v) is 7.77. The summed E-state index contributed by atoms with van der Waals surface area (Å²) in [6, 6.07) is 0. The van der Waals surface area contributed by atoms with Crippen molar-refractivity contribution in [3.05, 3.63) is 0 Å². The lowest BCUT2D eigenvalue weighted by Gasteiger charge is -2.02.